The number of unbranched alkanes of at least 4 members (excludes halogenated alkanes) is 41. The first-order chi connectivity index (χ1) is 33.0. The zero-order chi connectivity index (χ0) is 48.6. The third kappa shape index (κ3) is 54.7. The zero-order valence-corrected chi connectivity index (χ0v) is 45.2. The van der Waals surface area contributed by atoms with Crippen LogP contribution in [-0.2, 0) is 28.6 Å². The molecule has 0 bridgehead atoms. The van der Waals surface area contributed by atoms with E-state index < -0.39 is 6.10 Å². The smallest absolute Gasteiger partial charge is 0.306 e. The maximum absolute atomic E-state index is 12.9. The highest BCUT2D eigenvalue weighted by Crippen LogP contribution is 2.17. The van der Waals surface area contributed by atoms with Gasteiger partial charge >= 0.3 is 17.9 Å². The van der Waals surface area contributed by atoms with Crippen LogP contribution >= 0.6 is 0 Å². The SMILES string of the molecule is CCCCC/C=C\C=C/CCCCCCCCCCCCC(=O)OCC(COC(=O)CCCCCCCCCCCCCCCC)OC(=O)CCCCCCCCCCCCCCCCCC. The normalized spacial score (nSPS) is 12.1. The molecule has 1 unspecified atom stereocenters. The van der Waals surface area contributed by atoms with Crippen molar-refractivity contribution in [3.8, 4) is 0 Å². The average molecular weight is 944 g/mol. The first-order valence-corrected chi connectivity index (χ1v) is 29.9. The molecular weight excluding hydrogens is 829 g/mol. The molecule has 67 heavy (non-hydrogen) atoms. The van der Waals surface area contributed by atoms with Gasteiger partial charge in [-0.1, -0.05) is 289 Å². The fourth-order valence-corrected chi connectivity index (χ4v) is 8.97. The van der Waals surface area contributed by atoms with E-state index in [1.54, 1.807) is 0 Å². The zero-order valence-electron chi connectivity index (χ0n) is 45.2. The number of carbonyl (C=O) groups excluding carboxylic acids is 3. The van der Waals surface area contributed by atoms with Gasteiger partial charge in [0, 0.05) is 19.3 Å². The number of carbonyl (C=O) groups is 3. The minimum atomic E-state index is -0.767. The summed E-state index contributed by atoms with van der Waals surface area (Å²) in [7, 11) is 0. The van der Waals surface area contributed by atoms with Gasteiger partial charge in [-0.15, -0.1) is 0 Å². The lowest BCUT2D eigenvalue weighted by atomic mass is 10.0. The minimum absolute atomic E-state index is 0.0662. The highest BCUT2D eigenvalue weighted by molar-refractivity contribution is 5.71. The Bertz CT molecular complexity index is 1080. The molecule has 0 radical (unpaired) electrons. The standard InChI is InChI=1S/C61H114O6/c1-4-7-10-13-16-19-22-25-28-30-31-32-34-36-39-42-45-48-51-54-60(63)66-57-58(56-65-59(62)53-50-47-44-41-38-35-27-24-21-18-15-12-9-6-3)67-61(64)55-52-49-46-43-40-37-33-29-26-23-20-17-14-11-8-5-2/h16,19,22,25,58H,4-15,17-18,20-21,23-24,26-57H2,1-3H3/b19-16-,25-22-. The van der Waals surface area contributed by atoms with E-state index >= 15 is 0 Å². The van der Waals surface area contributed by atoms with Crippen LogP contribution in [0.3, 0.4) is 0 Å². The van der Waals surface area contributed by atoms with Crippen molar-refractivity contribution in [2.75, 3.05) is 13.2 Å². The van der Waals surface area contributed by atoms with Crippen molar-refractivity contribution < 1.29 is 28.6 Å². The van der Waals surface area contributed by atoms with Gasteiger partial charge < -0.3 is 14.2 Å². The molecule has 0 heterocycles. The third-order valence-corrected chi connectivity index (χ3v) is 13.5. The summed E-state index contributed by atoms with van der Waals surface area (Å²) in [5.74, 6) is -0.845. The number of rotatable bonds is 55. The second kappa shape index (κ2) is 56.5. The molecule has 0 aromatic heterocycles. The molecule has 0 N–H and O–H groups in total. The van der Waals surface area contributed by atoms with Gasteiger partial charge in [0.25, 0.3) is 0 Å². The Hall–Kier alpha value is -2.11. The monoisotopic (exact) mass is 943 g/mol. The van der Waals surface area contributed by atoms with Crippen molar-refractivity contribution in [3.05, 3.63) is 24.3 Å². The highest BCUT2D eigenvalue weighted by Gasteiger charge is 2.19. The van der Waals surface area contributed by atoms with Crippen molar-refractivity contribution in [1.82, 2.24) is 0 Å². The molecule has 0 aromatic carbocycles. The Morgan fingerprint density at radius 2 is 0.522 bits per heavy atom. The van der Waals surface area contributed by atoms with Crippen LogP contribution in [0.1, 0.15) is 329 Å². The fourth-order valence-electron chi connectivity index (χ4n) is 8.97. The quantitative estimate of drug-likeness (QED) is 0.0262. The van der Waals surface area contributed by atoms with E-state index in [0.717, 1.165) is 57.8 Å². The molecule has 0 aromatic rings. The average Bonchev–Trinajstić information content (AvgIpc) is 3.33. The molecule has 0 aliphatic rings. The summed E-state index contributed by atoms with van der Waals surface area (Å²) in [5, 5.41) is 0. The Morgan fingerprint density at radius 3 is 0.821 bits per heavy atom. The third-order valence-electron chi connectivity index (χ3n) is 13.5. The molecule has 0 fully saturated rings. The van der Waals surface area contributed by atoms with Crippen LogP contribution in [0, 0.1) is 0 Å². The minimum Gasteiger partial charge on any atom is -0.462 e. The summed E-state index contributed by atoms with van der Waals surface area (Å²) in [4.78, 5) is 38.2. The summed E-state index contributed by atoms with van der Waals surface area (Å²) in [6.45, 7) is 6.67. The van der Waals surface area contributed by atoms with Gasteiger partial charge in [0.1, 0.15) is 13.2 Å². The van der Waals surface area contributed by atoms with Crippen LogP contribution in [0.5, 0.6) is 0 Å². The molecule has 1 atom stereocenters. The predicted octanol–water partition coefficient (Wildman–Crippen LogP) is 19.9. The fraction of sp³-hybridized carbons (Fsp3) is 0.885. The molecule has 0 spiro atoms. The lowest BCUT2D eigenvalue weighted by Gasteiger charge is -2.18. The Morgan fingerprint density at radius 1 is 0.299 bits per heavy atom. The van der Waals surface area contributed by atoms with E-state index in [4.69, 9.17) is 14.2 Å². The molecule has 6 nitrogen and oxygen atoms in total. The van der Waals surface area contributed by atoms with E-state index in [2.05, 4.69) is 45.1 Å². The van der Waals surface area contributed by atoms with E-state index in [0.29, 0.717) is 19.3 Å². The van der Waals surface area contributed by atoms with E-state index in [9.17, 15) is 14.4 Å². The van der Waals surface area contributed by atoms with Gasteiger partial charge in [-0.05, 0) is 44.9 Å². The van der Waals surface area contributed by atoms with E-state index in [1.165, 1.54) is 231 Å². The van der Waals surface area contributed by atoms with Crippen LogP contribution in [0.15, 0.2) is 24.3 Å². The molecule has 0 amide bonds. The Balaban J connectivity index is 4.31. The van der Waals surface area contributed by atoms with Crippen molar-refractivity contribution in [2.45, 2.75) is 335 Å². The first-order valence-electron chi connectivity index (χ1n) is 29.9. The van der Waals surface area contributed by atoms with E-state index in [1.807, 2.05) is 0 Å². The molecule has 0 saturated carbocycles. The van der Waals surface area contributed by atoms with Gasteiger partial charge in [-0.25, -0.2) is 0 Å². The summed E-state index contributed by atoms with van der Waals surface area (Å²) < 4.78 is 16.9. The summed E-state index contributed by atoms with van der Waals surface area (Å²) in [6.07, 6.45) is 65.9. The number of hydrogen-bond acceptors (Lipinski definition) is 6. The van der Waals surface area contributed by atoms with E-state index in [-0.39, 0.29) is 31.1 Å². The van der Waals surface area contributed by atoms with Crippen molar-refractivity contribution in [2.24, 2.45) is 0 Å². The van der Waals surface area contributed by atoms with Crippen LogP contribution in [0.25, 0.3) is 0 Å². The Labute approximate surface area is 417 Å². The molecule has 6 heteroatoms. The lowest BCUT2D eigenvalue weighted by Crippen LogP contribution is -2.30. The number of ether oxygens (including phenoxy) is 3. The summed E-state index contributed by atoms with van der Waals surface area (Å²) >= 11 is 0. The van der Waals surface area contributed by atoms with Crippen LogP contribution in [0.4, 0.5) is 0 Å². The molecule has 0 saturated heterocycles. The van der Waals surface area contributed by atoms with Crippen molar-refractivity contribution in [1.29, 1.82) is 0 Å². The molecule has 0 rings (SSSR count). The molecule has 0 aliphatic heterocycles. The van der Waals surface area contributed by atoms with Gasteiger partial charge in [0.05, 0.1) is 0 Å². The summed E-state index contributed by atoms with van der Waals surface area (Å²) in [6, 6.07) is 0. The maximum atomic E-state index is 12.9. The first kappa shape index (κ1) is 64.9. The topological polar surface area (TPSA) is 78.9 Å². The second-order valence-corrected chi connectivity index (χ2v) is 20.3. The van der Waals surface area contributed by atoms with Crippen molar-refractivity contribution >= 4 is 17.9 Å². The molecular formula is C61H114O6. The second-order valence-electron chi connectivity index (χ2n) is 20.3. The highest BCUT2D eigenvalue weighted by atomic mass is 16.6. The van der Waals surface area contributed by atoms with Crippen LogP contribution in [-0.4, -0.2) is 37.2 Å². The lowest BCUT2D eigenvalue weighted by molar-refractivity contribution is -0.167. The number of allylic oxidation sites excluding steroid dienone is 4. The molecule has 0 aliphatic carbocycles. The number of esters is 3. The van der Waals surface area contributed by atoms with Crippen LogP contribution < -0.4 is 0 Å². The predicted molar refractivity (Wildman–Crippen MR) is 289 cm³/mol. The maximum Gasteiger partial charge on any atom is 0.306 e. The molecule has 394 valence electrons. The Kier molecular flexibility index (Phi) is 54.7. The van der Waals surface area contributed by atoms with Crippen LogP contribution in [0.2, 0.25) is 0 Å². The van der Waals surface area contributed by atoms with Crippen molar-refractivity contribution in [3.63, 3.8) is 0 Å². The van der Waals surface area contributed by atoms with Gasteiger partial charge in [0.15, 0.2) is 6.10 Å². The van der Waals surface area contributed by atoms with Gasteiger partial charge in [-0.3, -0.25) is 14.4 Å². The largest absolute Gasteiger partial charge is 0.462 e. The summed E-state index contributed by atoms with van der Waals surface area (Å²) in [5.41, 5.74) is 0. The number of hydrogen-bond donors (Lipinski definition) is 0. The van der Waals surface area contributed by atoms with Gasteiger partial charge in [0.2, 0.25) is 0 Å². The van der Waals surface area contributed by atoms with Gasteiger partial charge in [-0.2, -0.15) is 0 Å².